The normalized spacial score (nSPS) is 53.8. The summed E-state index contributed by atoms with van der Waals surface area (Å²) in [7, 11) is 0. The van der Waals surface area contributed by atoms with Crippen molar-refractivity contribution >= 4 is 11.8 Å². The lowest BCUT2D eigenvalue weighted by Gasteiger charge is -2.62. The molecule has 2 amide bonds. The first-order valence-electron chi connectivity index (χ1n) is 18.7. The van der Waals surface area contributed by atoms with Gasteiger partial charge in [0.2, 0.25) is 11.8 Å². The van der Waals surface area contributed by atoms with E-state index in [2.05, 4.69) is 24.5 Å². The van der Waals surface area contributed by atoms with Crippen LogP contribution in [0.25, 0.3) is 0 Å². The molecule has 12 saturated carbocycles. The van der Waals surface area contributed by atoms with Crippen molar-refractivity contribution in [3.8, 4) is 0 Å². The van der Waals surface area contributed by atoms with Crippen LogP contribution < -0.4 is 10.6 Å². The van der Waals surface area contributed by atoms with E-state index in [4.69, 9.17) is 0 Å². The van der Waals surface area contributed by atoms with Crippen molar-refractivity contribution < 1.29 is 9.59 Å². The van der Waals surface area contributed by atoms with E-state index in [-0.39, 0.29) is 10.8 Å². The van der Waals surface area contributed by atoms with Crippen LogP contribution in [0.1, 0.15) is 142 Å². The van der Waals surface area contributed by atoms with Gasteiger partial charge in [-0.05, 0) is 198 Å². The van der Waals surface area contributed by atoms with Crippen LogP contribution in [0.4, 0.5) is 0 Å². The molecule has 2 atom stereocenters. The Bertz CT molecular complexity index is 971. The fraction of sp³-hybridized carbons (Fsp3) is 0.947. The van der Waals surface area contributed by atoms with E-state index in [0.717, 1.165) is 53.8 Å². The zero-order valence-corrected chi connectivity index (χ0v) is 26.7. The zero-order chi connectivity index (χ0) is 28.5. The van der Waals surface area contributed by atoms with Gasteiger partial charge < -0.3 is 10.6 Å². The van der Waals surface area contributed by atoms with Gasteiger partial charge in [-0.2, -0.15) is 0 Å². The molecule has 4 nitrogen and oxygen atoms in total. The number of hydrogen-bond acceptors (Lipinski definition) is 2. The van der Waals surface area contributed by atoms with E-state index in [1.807, 2.05) is 0 Å². The average Bonchev–Trinajstić information content (AvgIpc) is 2.85. The maximum absolute atomic E-state index is 13.8. The van der Waals surface area contributed by atoms with Crippen molar-refractivity contribution in [3.05, 3.63) is 0 Å². The topological polar surface area (TPSA) is 58.2 Å². The van der Waals surface area contributed by atoms with Crippen LogP contribution in [0.3, 0.4) is 0 Å². The van der Waals surface area contributed by atoms with Crippen LogP contribution in [-0.2, 0) is 9.59 Å². The van der Waals surface area contributed by atoms with Crippen molar-refractivity contribution in [3.63, 3.8) is 0 Å². The third kappa shape index (κ3) is 4.39. The molecule has 12 aliphatic carbocycles. The quantitative estimate of drug-likeness (QED) is 0.311. The summed E-state index contributed by atoms with van der Waals surface area (Å²) in [5, 5.41) is 7.27. The highest BCUT2D eigenvalue weighted by Gasteiger charge is 2.60. The highest BCUT2D eigenvalue weighted by atomic mass is 16.2. The van der Waals surface area contributed by atoms with Gasteiger partial charge in [-0.25, -0.2) is 0 Å². The molecule has 0 aromatic rings. The summed E-state index contributed by atoms with van der Waals surface area (Å²) in [6, 6.07) is 0.635. The summed E-state index contributed by atoms with van der Waals surface area (Å²) in [6.45, 7) is 4.70. The van der Waals surface area contributed by atoms with Gasteiger partial charge in [-0.1, -0.05) is 0 Å². The molecule has 2 unspecified atom stereocenters. The van der Waals surface area contributed by atoms with Gasteiger partial charge in [0.15, 0.2) is 0 Å². The first-order valence-corrected chi connectivity index (χ1v) is 18.7. The fourth-order valence-electron chi connectivity index (χ4n) is 16.1. The van der Waals surface area contributed by atoms with Crippen LogP contribution in [0.2, 0.25) is 0 Å². The lowest BCUT2D eigenvalue weighted by Crippen LogP contribution is -2.58. The van der Waals surface area contributed by atoms with E-state index in [1.165, 1.54) is 109 Å². The van der Waals surface area contributed by atoms with E-state index in [1.54, 1.807) is 0 Å². The van der Waals surface area contributed by atoms with Gasteiger partial charge in [-0.3, -0.25) is 9.59 Å². The smallest absolute Gasteiger partial charge is 0.220 e. The second-order valence-corrected chi connectivity index (χ2v) is 19.5. The summed E-state index contributed by atoms with van der Waals surface area (Å²) in [5.41, 5.74) is 1.03. The molecular formula is C38H58N2O2. The second kappa shape index (κ2) is 9.24. The Morgan fingerprint density at radius 1 is 0.500 bits per heavy atom. The average molecular weight is 575 g/mol. The number of hydrogen-bond donors (Lipinski definition) is 2. The summed E-state index contributed by atoms with van der Waals surface area (Å²) < 4.78 is 0. The lowest BCUT2D eigenvalue weighted by molar-refractivity contribution is -0.149. The number of carbonyl (C=O) groups is 2. The van der Waals surface area contributed by atoms with Crippen LogP contribution in [0.15, 0.2) is 0 Å². The maximum atomic E-state index is 13.8. The van der Waals surface area contributed by atoms with Crippen molar-refractivity contribution in [2.24, 2.45) is 69.0 Å². The number of carbonyl (C=O) groups excluding carboxylic acids is 2. The molecule has 4 heteroatoms. The van der Waals surface area contributed by atoms with E-state index in [9.17, 15) is 9.59 Å². The monoisotopic (exact) mass is 574 g/mol. The largest absolute Gasteiger partial charge is 0.353 e. The molecule has 0 aromatic carbocycles. The molecule has 0 radical (unpaired) electrons. The maximum Gasteiger partial charge on any atom is 0.220 e. The molecule has 0 spiro atoms. The summed E-state index contributed by atoms with van der Waals surface area (Å²) >= 11 is 0. The van der Waals surface area contributed by atoms with Gasteiger partial charge in [-0.15, -0.1) is 0 Å². The van der Waals surface area contributed by atoms with Crippen LogP contribution >= 0.6 is 0 Å². The molecule has 232 valence electrons. The molecule has 12 fully saturated rings. The van der Waals surface area contributed by atoms with Crippen LogP contribution in [0, 0.1) is 69.0 Å². The lowest BCUT2D eigenvalue weighted by atomic mass is 9.43. The molecular weight excluding hydrogens is 516 g/mol. The Morgan fingerprint density at radius 2 is 0.786 bits per heavy atom. The molecule has 2 N–H and O–H groups in total. The Labute approximate surface area is 255 Å². The Kier molecular flexibility index (Phi) is 6.00. The SMILES string of the molecule is CC(NC(=O)CC12CC3CC(C1)CC(CC(=O)NC(C)C14CC5CC(CC(C5)C1)C4)(C3)C2)C12CC3CC(CC(C3)C1)C2. The van der Waals surface area contributed by atoms with Gasteiger partial charge in [0.1, 0.15) is 0 Å². The molecule has 0 saturated heterocycles. The molecule has 12 bridgehead atoms. The third-order valence-electron chi connectivity index (χ3n) is 16.1. The van der Waals surface area contributed by atoms with E-state index < -0.39 is 0 Å². The summed E-state index contributed by atoms with van der Waals surface area (Å²) in [6.07, 6.45) is 25.7. The minimum Gasteiger partial charge on any atom is -0.353 e. The fourth-order valence-corrected chi connectivity index (χ4v) is 16.1. The van der Waals surface area contributed by atoms with Crippen molar-refractivity contribution in [2.75, 3.05) is 0 Å². The Hall–Kier alpha value is -1.06. The number of rotatable bonds is 8. The summed E-state index contributed by atoms with van der Waals surface area (Å²) in [4.78, 5) is 27.6. The summed E-state index contributed by atoms with van der Waals surface area (Å²) in [5.74, 6) is 7.68. The molecule has 0 aliphatic heterocycles. The second-order valence-electron chi connectivity index (χ2n) is 19.5. The van der Waals surface area contributed by atoms with E-state index >= 15 is 0 Å². The Morgan fingerprint density at radius 3 is 1.10 bits per heavy atom. The molecule has 0 aromatic heterocycles. The predicted molar refractivity (Wildman–Crippen MR) is 165 cm³/mol. The highest BCUT2D eigenvalue weighted by Crippen LogP contribution is 2.68. The van der Waals surface area contributed by atoms with Crippen molar-refractivity contribution in [2.45, 2.75) is 154 Å². The highest BCUT2D eigenvalue weighted by molar-refractivity contribution is 5.78. The minimum absolute atomic E-state index is 0.140. The molecule has 12 rings (SSSR count). The first-order chi connectivity index (χ1) is 20.1. The van der Waals surface area contributed by atoms with Crippen molar-refractivity contribution in [1.82, 2.24) is 10.6 Å². The minimum atomic E-state index is 0.140. The molecule has 42 heavy (non-hydrogen) atoms. The number of amides is 2. The third-order valence-corrected chi connectivity index (χ3v) is 16.1. The van der Waals surface area contributed by atoms with Gasteiger partial charge in [0.05, 0.1) is 0 Å². The van der Waals surface area contributed by atoms with E-state index in [0.29, 0.717) is 47.6 Å². The predicted octanol–water partition coefficient (Wildman–Crippen LogP) is 7.80. The Balaban J connectivity index is 0.856. The van der Waals surface area contributed by atoms with Gasteiger partial charge in [0.25, 0.3) is 0 Å². The zero-order valence-electron chi connectivity index (χ0n) is 26.7. The van der Waals surface area contributed by atoms with Crippen LogP contribution in [0.5, 0.6) is 0 Å². The van der Waals surface area contributed by atoms with Crippen molar-refractivity contribution in [1.29, 1.82) is 0 Å². The first kappa shape index (κ1) is 27.3. The van der Waals surface area contributed by atoms with Gasteiger partial charge >= 0.3 is 0 Å². The molecule has 12 aliphatic rings. The number of nitrogens with one attached hydrogen (secondary N) is 2. The van der Waals surface area contributed by atoms with Crippen LogP contribution in [-0.4, -0.2) is 23.9 Å². The standard InChI is InChI=1S/C38H58N2O2/c1-23(37-14-25-3-26(15-37)5-27(4-25)16-37)39-33(41)20-35-10-31-9-32(11-35)13-36(12-31,22-35)21-34(42)40-24(2)38-17-28-6-29(18-38)8-30(7-28)19-38/h23-32H,3-22H2,1-2H3,(H,39,41)(H,40,42). The molecule has 0 heterocycles. The van der Waals surface area contributed by atoms with Gasteiger partial charge in [0, 0.05) is 24.9 Å².